The van der Waals surface area contributed by atoms with Crippen molar-refractivity contribution < 1.29 is 4.39 Å². The second-order valence-electron chi connectivity index (χ2n) is 6.53. The molecule has 140 valence electrons. The number of nitrogens with two attached hydrogens (primary N) is 1. The highest BCUT2D eigenvalue weighted by molar-refractivity contribution is 5.62. The quantitative estimate of drug-likeness (QED) is 0.638. The van der Waals surface area contributed by atoms with Crippen LogP contribution in [0.1, 0.15) is 5.56 Å². The van der Waals surface area contributed by atoms with E-state index in [-0.39, 0.29) is 17.3 Å². The molecule has 3 heterocycles. The van der Waals surface area contributed by atoms with Gasteiger partial charge in [-0.2, -0.15) is 10.1 Å². The Morgan fingerprint density at radius 3 is 2.74 bits per heavy atom. The van der Waals surface area contributed by atoms with Crippen LogP contribution in [0.15, 0.2) is 41.3 Å². The number of hydrogen-bond acceptors (Lipinski definition) is 6. The number of piperazine rings is 1. The van der Waals surface area contributed by atoms with Crippen LogP contribution in [0.3, 0.4) is 0 Å². The molecule has 8 nitrogen and oxygen atoms in total. The van der Waals surface area contributed by atoms with E-state index in [1.165, 1.54) is 18.2 Å². The Bertz CT molecular complexity index is 991. The average Bonchev–Trinajstić information content (AvgIpc) is 3.10. The van der Waals surface area contributed by atoms with Gasteiger partial charge < -0.3 is 10.6 Å². The number of nitrogen functional groups attached to an aromatic ring is 1. The SMILES string of the molecule is Nc1nc(N2CCN(Cc3cn[nH]c3-c3cccc(F)c3)CC2)cc(=O)[nH]1. The van der Waals surface area contributed by atoms with Crippen molar-refractivity contribution in [1.82, 2.24) is 25.1 Å². The van der Waals surface area contributed by atoms with Crippen LogP contribution in [-0.2, 0) is 6.54 Å². The summed E-state index contributed by atoms with van der Waals surface area (Å²) in [6.45, 7) is 3.80. The maximum atomic E-state index is 13.5. The van der Waals surface area contributed by atoms with Gasteiger partial charge in [-0.1, -0.05) is 12.1 Å². The molecular weight excluding hydrogens is 349 g/mol. The van der Waals surface area contributed by atoms with Crippen molar-refractivity contribution in [3.05, 3.63) is 58.3 Å². The fourth-order valence-electron chi connectivity index (χ4n) is 3.33. The summed E-state index contributed by atoms with van der Waals surface area (Å²) in [5.74, 6) is 0.448. The molecule has 1 saturated heterocycles. The van der Waals surface area contributed by atoms with Crippen molar-refractivity contribution in [3.63, 3.8) is 0 Å². The summed E-state index contributed by atoms with van der Waals surface area (Å²) in [7, 11) is 0. The van der Waals surface area contributed by atoms with Gasteiger partial charge >= 0.3 is 0 Å². The first-order valence-corrected chi connectivity index (χ1v) is 8.71. The molecule has 1 fully saturated rings. The number of hydrogen-bond donors (Lipinski definition) is 3. The topological polar surface area (TPSA) is 107 Å². The van der Waals surface area contributed by atoms with Gasteiger partial charge in [0.05, 0.1) is 11.9 Å². The number of nitrogens with zero attached hydrogens (tertiary/aromatic N) is 4. The van der Waals surface area contributed by atoms with E-state index in [9.17, 15) is 9.18 Å². The highest BCUT2D eigenvalue weighted by Crippen LogP contribution is 2.23. The standard InChI is InChI=1S/C18H20FN7O/c19-14-3-1-2-12(8-14)17-13(10-21-24-17)11-25-4-6-26(7-5-25)15-9-16(27)23-18(20)22-15/h1-3,8-10H,4-7,11H2,(H,21,24)(H3,20,22,23,27). The van der Waals surface area contributed by atoms with Crippen molar-refractivity contribution in [2.45, 2.75) is 6.54 Å². The van der Waals surface area contributed by atoms with Crippen LogP contribution >= 0.6 is 0 Å². The molecule has 0 saturated carbocycles. The van der Waals surface area contributed by atoms with E-state index >= 15 is 0 Å². The summed E-state index contributed by atoms with van der Waals surface area (Å²) >= 11 is 0. The second-order valence-corrected chi connectivity index (χ2v) is 6.53. The van der Waals surface area contributed by atoms with Crippen molar-refractivity contribution in [1.29, 1.82) is 0 Å². The molecule has 3 aromatic rings. The fraction of sp³-hybridized carbons (Fsp3) is 0.278. The van der Waals surface area contributed by atoms with Gasteiger partial charge in [0.1, 0.15) is 11.6 Å². The van der Waals surface area contributed by atoms with Crippen LogP contribution in [0.4, 0.5) is 16.2 Å². The van der Waals surface area contributed by atoms with Gasteiger partial charge in [-0.05, 0) is 12.1 Å². The van der Waals surface area contributed by atoms with Gasteiger partial charge in [-0.15, -0.1) is 0 Å². The molecule has 0 atom stereocenters. The molecule has 0 bridgehead atoms. The molecular formula is C18H20FN7O. The highest BCUT2D eigenvalue weighted by Gasteiger charge is 2.20. The summed E-state index contributed by atoms with van der Waals surface area (Å²) < 4.78 is 13.5. The normalized spacial score (nSPS) is 15.2. The summed E-state index contributed by atoms with van der Waals surface area (Å²) in [6, 6.07) is 7.94. The first-order valence-electron chi connectivity index (χ1n) is 8.71. The predicted octanol–water partition coefficient (Wildman–Crippen LogP) is 1.20. The van der Waals surface area contributed by atoms with Crippen LogP contribution < -0.4 is 16.2 Å². The summed E-state index contributed by atoms with van der Waals surface area (Å²) in [5, 5.41) is 7.10. The third kappa shape index (κ3) is 3.82. The number of aromatic amines is 2. The van der Waals surface area contributed by atoms with Crippen molar-refractivity contribution in [2.24, 2.45) is 0 Å². The Balaban J connectivity index is 1.43. The molecule has 9 heteroatoms. The molecule has 0 spiro atoms. The summed E-state index contributed by atoms with van der Waals surface area (Å²) in [6.07, 6.45) is 1.78. The molecule has 0 radical (unpaired) electrons. The molecule has 2 aromatic heterocycles. The van der Waals surface area contributed by atoms with Crippen LogP contribution in [-0.4, -0.2) is 51.2 Å². The highest BCUT2D eigenvalue weighted by atomic mass is 19.1. The Morgan fingerprint density at radius 2 is 2.00 bits per heavy atom. The summed E-state index contributed by atoms with van der Waals surface area (Å²) in [4.78, 5) is 22.6. The molecule has 0 amide bonds. The zero-order valence-electron chi connectivity index (χ0n) is 14.7. The Morgan fingerprint density at radius 1 is 1.19 bits per heavy atom. The zero-order valence-corrected chi connectivity index (χ0v) is 14.7. The fourth-order valence-corrected chi connectivity index (χ4v) is 3.33. The van der Waals surface area contributed by atoms with Gasteiger partial charge in [0.15, 0.2) is 0 Å². The van der Waals surface area contributed by atoms with Crippen LogP contribution in [0.5, 0.6) is 0 Å². The number of rotatable bonds is 4. The van der Waals surface area contributed by atoms with Gasteiger partial charge in [-0.25, -0.2) is 4.39 Å². The van der Waals surface area contributed by atoms with E-state index in [0.29, 0.717) is 12.4 Å². The van der Waals surface area contributed by atoms with Crippen molar-refractivity contribution in [2.75, 3.05) is 36.8 Å². The smallest absolute Gasteiger partial charge is 0.254 e. The zero-order chi connectivity index (χ0) is 18.8. The minimum atomic E-state index is -0.272. The second kappa shape index (κ2) is 7.20. The first-order chi connectivity index (χ1) is 13.1. The van der Waals surface area contributed by atoms with Gasteiger partial charge in [0, 0.05) is 49.9 Å². The molecule has 0 unspecified atom stereocenters. The minimum Gasteiger partial charge on any atom is -0.369 e. The predicted molar refractivity (Wildman–Crippen MR) is 101 cm³/mol. The molecule has 0 aliphatic carbocycles. The van der Waals surface area contributed by atoms with E-state index < -0.39 is 0 Å². The number of anilines is 2. The van der Waals surface area contributed by atoms with Crippen LogP contribution in [0.25, 0.3) is 11.3 Å². The van der Waals surface area contributed by atoms with Gasteiger partial charge in [0.25, 0.3) is 5.56 Å². The molecule has 1 aromatic carbocycles. The molecule has 27 heavy (non-hydrogen) atoms. The van der Waals surface area contributed by atoms with Crippen LogP contribution in [0.2, 0.25) is 0 Å². The monoisotopic (exact) mass is 369 g/mol. The molecule has 4 rings (SSSR count). The molecule has 1 aliphatic heterocycles. The van der Waals surface area contributed by atoms with Gasteiger partial charge in [-0.3, -0.25) is 19.8 Å². The molecule has 4 N–H and O–H groups in total. The third-order valence-electron chi connectivity index (χ3n) is 4.67. The van der Waals surface area contributed by atoms with Crippen molar-refractivity contribution >= 4 is 11.8 Å². The summed E-state index contributed by atoms with van der Waals surface area (Å²) in [5.41, 5.74) is 8.01. The number of halogens is 1. The number of H-pyrrole nitrogens is 2. The van der Waals surface area contributed by atoms with E-state index in [1.54, 1.807) is 12.3 Å². The molecule has 1 aliphatic rings. The third-order valence-corrected chi connectivity index (χ3v) is 4.67. The lowest BCUT2D eigenvalue weighted by atomic mass is 10.1. The maximum absolute atomic E-state index is 13.5. The largest absolute Gasteiger partial charge is 0.369 e. The lowest BCUT2D eigenvalue weighted by Crippen LogP contribution is -2.46. The lowest BCUT2D eigenvalue weighted by Gasteiger charge is -2.35. The van der Waals surface area contributed by atoms with Gasteiger partial charge in [0.2, 0.25) is 5.95 Å². The Labute approximate surface area is 154 Å². The number of benzene rings is 1. The van der Waals surface area contributed by atoms with E-state index in [1.807, 2.05) is 11.0 Å². The van der Waals surface area contributed by atoms with E-state index in [2.05, 4.69) is 25.1 Å². The Hall–Kier alpha value is -3.20. The lowest BCUT2D eigenvalue weighted by molar-refractivity contribution is 0.249. The minimum absolute atomic E-state index is 0.123. The number of nitrogens with one attached hydrogen (secondary N) is 2. The first kappa shape index (κ1) is 17.2. The Kier molecular flexibility index (Phi) is 4.59. The maximum Gasteiger partial charge on any atom is 0.254 e. The number of aromatic nitrogens is 4. The van der Waals surface area contributed by atoms with E-state index in [0.717, 1.165) is 43.0 Å². The van der Waals surface area contributed by atoms with E-state index in [4.69, 9.17) is 5.73 Å². The van der Waals surface area contributed by atoms with Crippen molar-refractivity contribution in [3.8, 4) is 11.3 Å². The van der Waals surface area contributed by atoms with Crippen LogP contribution in [0, 0.1) is 5.82 Å². The average molecular weight is 369 g/mol.